The fourth-order valence-electron chi connectivity index (χ4n) is 4.17. The smallest absolute Gasteiger partial charge is 0.225 e. The number of nitrogens with one attached hydrogen (secondary N) is 3. The summed E-state index contributed by atoms with van der Waals surface area (Å²) in [4.78, 5) is 35.4. The van der Waals surface area contributed by atoms with Gasteiger partial charge in [0, 0.05) is 28.5 Å². The number of Topliss-reactive ketones (excluding diaryl/α,β-unsaturated/α-hetero) is 1. The number of benzene rings is 2. The summed E-state index contributed by atoms with van der Waals surface area (Å²) in [6.07, 6.45) is 7.93. The van der Waals surface area contributed by atoms with Crippen LogP contribution in [0.1, 0.15) is 56.5 Å². The van der Waals surface area contributed by atoms with Crippen molar-refractivity contribution >= 4 is 34.2 Å². The summed E-state index contributed by atoms with van der Waals surface area (Å²) in [5.41, 5.74) is 3.81. The Bertz CT molecular complexity index is 1260. The normalized spacial score (nSPS) is 12.1. The van der Waals surface area contributed by atoms with Crippen LogP contribution in [0.4, 0.5) is 0 Å². The van der Waals surface area contributed by atoms with Gasteiger partial charge in [0.25, 0.3) is 0 Å². The maximum absolute atomic E-state index is 13.0. The molecule has 176 valence electrons. The number of rotatable bonds is 11. The third kappa shape index (κ3) is 6.14. The number of aromatic nitrogens is 3. The SMILES string of the molecule is CC(=O)CCCCC[C@H](NC(=O)Cc1c[nH]c2ccc(Cl)cc12)c1ncc(-c2ccccc2)[nH]1. The maximum atomic E-state index is 13.0. The van der Waals surface area contributed by atoms with Gasteiger partial charge in [0.05, 0.1) is 24.4 Å². The number of ketones is 1. The molecule has 0 spiro atoms. The molecule has 34 heavy (non-hydrogen) atoms. The summed E-state index contributed by atoms with van der Waals surface area (Å²) in [6, 6.07) is 15.4. The molecular weight excluding hydrogens is 448 g/mol. The van der Waals surface area contributed by atoms with E-state index in [0.29, 0.717) is 11.4 Å². The van der Waals surface area contributed by atoms with E-state index in [1.807, 2.05) is 54.7 Å². The van der Waals surface area contributed by atoms with Crippen molar-refractivity contribution in [3.8, 4) is 11.3 Å². The lowest BCUT2D eigenvalue weighted by atomic mass is 10.0. The molecule has 0 bridgehead atoms. The highest BCUT2D eigenvalue weighted by Crippen LogP contribution is 2.25. The zero-order chi connectivity index (χ0) is 23.9. The molecule has 0 unspecified atom stereocenters. The number of nitrogens with zero attached hydrogens (tertiary/aromatic N) is 1. The standard InChI is InChI=1S/C27H29ClN4O2/c1-18(33)8-4-2-7-11-24(27-30-17-25(32-27)19-9-5-3-6-10-19)31-26(34)14-20-16-29-23-13-12-21(28)15-22(20)23/h3,5-6,9-10,12-13,15-17,24,29H,2,4,7-8,11,14H2,1H3,(H,30,32)(H,31,34)/t24-/m0/s1. The molecule has 1 atom stereocenters. The number of H-pyrrole nitrogens is 2. The summed E-state index contributed by atoms with van der Waals surface area (Å²) < 4.78 is 0. The number of halogens is 1. The minimum atomic E-state index is -0.240. The molecule has 0 aliphatic rings. The van der Waals surface area contributed by atoms with Gasteiger partial charge in [0.15, 0.2) is 0 Å². The fourth-order valence-corrected chi connectivity index (χ4v) is 4.34. The van der Waals surface area contributed by atoms with Crippen molar-refractivity contribution in [1.82, 2.24) is 20.3 Å². The van der Waals surface area contributed by atoms with Gasteiger partial charge in [0.1, 0.15) is 11.6 Å². The molecule has 0 aliphatic heterocycles. The molecule has 0 aliphatic carbocycles. The minimum Gasteiger partial charge on any atom is -0.361 e. The number of amides is 1. The minimum absolute atomic E-state index is 0.0766. The van der Waals surface area contributed by atoms with Gasteiger partial charge in [-0.2, -0.15) is 0 Å². The van der Waals surface area contributed by atoms with E-state index in [2.05, 4.69) is 20.3 Å². The van der Waals surface area contributed by atoms with Gasteiger partial charge < -0.3 is 20.1 Å². The Morgan fingerprint density at radius 1 is 1.09 bits per heavy atom. The van der Waals surface area contributed by atoms with E-state index in [1.54, 1.807) is 13.1 Å². The van der Waals surface area contributed by atoms with Gasteiger partial charge in [-0.3, -0.25) is 4.79 Å². The molecule has 2 aromatic heterocycles. The van der Waals surface area contributed by atoms with E-state index >= 15 is 0 Å². The lowest BCUT2D eigenvalue weighted by Crippen LogP contribution is -2.30. The van der Waals surface area contributed by atoms with Crippen molar-refractivity contribution in [3.05, 3.63) is 77.3 Å². The topological polar surface area (TPSA) is 90.6 Å². The van der Waals surface area contributed by atoms with Crippen LogP contribution in [0.15, 0.2) is 60.9 Å². The van der Waals surface area contributed by atoms with Crippen molar-refractivity contribution in [2.75, 3.05) is 0 Å². The Kier molecular flexibility index (Phi) is 7.80. The van der Waals surface area contributed by atoms with Crippen LogP contribution in [0, 0.1) is 0 Å². The van der Waals surface area contributed by atoms with Crippen LogP contribution >= 0.6 is 11.6 Å². The first-order valence-corrected chi connectivity index (χ1v) is 12.0. The average molecular weight is 477 g/mol. The van der Waals surface area contributed by atoms with Gasteiger partial charge in [-0.05, 0) is 49.1 Å². The monoisotopic (exact) mass is 476 g/mol. The number of fused-ring (bicyclic) bond motifs is 1. The van der Waals surface area contributed by atoms with Crippen molar-refractivity contribution in [1.29, 1.82) is 0 Å². The number of carbonyl (C=O) groups is 2. The van der Waals surface area contributed by atoms with Crippen LogP contribution in [-0.2, 0) is 16.0 Å². The van der Waals surface area contributed by atoms with Crippen molar-refractivity contribution in [2.45, 2.75) is 51.5 Å². The highest BCUT2D eigenvalue weighted by molar-refractivity contribution is 6.31. The summed E-state index contributed by atoms with van der Waals surface area (Å²) in [5.74, 6) is 0.871. The second-order valence-electron chi connectivity index (χ2n) is 8.65. The molecule has 7 heteroatoms. The summed E-state index contributed by atoms with van der Waals surface area (Å²) in [5, 5.41) is 4.76. The van der Waals surface area contributed by atoms with Gasteiger partial charge in [0.2, 0.25) is 5.91 Å². The molecule has 2 heterocycles. The van der Waals surface area contributed by atoms with Gasteiger partial charge in [-0.25, -0.2) is 4.98 Å². The molecule has 6 nitrogen and oxygen atoms in total. The first-order chi connectivity index (χ1) is 16.5. The van der Waals surface area contributed by atoms with Crippen LogP contribution in [0.25, 0.3) is 22.2 Å². The Morgan fingerprint density at radius 3 is 2.71 bits per heavy atom. The number of unbranched alkanes of at least 4 members (excludes halogenated alkanes) is 2. The summed E-state index contributed by atoms with van der Waals surface area (Å²) >= 11 is 6.16. The summed E-state index contributed by atoms with van der Waals surface area (Å²) in [7, 11) is 0. The highest BCUT2D eigenvalue weighted by atomic mass is 35.5. The number of imidazole rings is 1. The summed E-state index contributed by atoms with van der Waals surface area (Å²) in [6.45, 7) is 1.62. The third-order valence-corrected chi connectivity index (χ3v) is 6.18. The van der Waals surface area contributed by atoms with E-state index in [-0.39, 0.29) is 24.2 Å². The van der Waals surface area contributed by atoms with Crippen LogP contribution < -0.4 is 5.32 Å². The molecule has 0 saturated carbocycles. The molecular formula is C27H29ClN4O2. The van der Waals surface area contributed by atoms with Crippen LogP contribution in [0.3, 0.4) is 0 Å². The third-order valence-electron chi connectivity index (χ3n) is 5.95. The highest BCUT2D eigenvalue weighted by Gasteiger charge is 2.19. The van der Waals surface area contributed by atoms with Gasteiger partial charge >= 0.3 is 0 Å². The predicted molar refractivity (Wildman–Crippen MR) is 136 cm³/mol. The number of hydrogen-bond acceptors (Lipinski definition) is 3. The Hall–Kier alpha value is -3.38. The number of hydrogen-bond donors (Lipinski definition) is 3. The van der Waals surface area contributed by atoms with Crippen molar-refractivity contribution in [2.24, 2.45) is 0 Å². The zero-order valence-corrected chi connectivity index (χ0v) is 20.0. The molecule has 1 amide bonds. The second-order valence-corrected chi connectivity index (χ2v) is 9.09. The molecule has 4 aromatic rings. The first kappa shape index (κ1) is 23.8. The molecule has 0 radical (unpaired) electrons. The Balaban J connectivity index is 1.47. The van der Waals surface area contributed by atoms with Crippen LogP contribution in [0.2, 0.25) is 5.02 Å². The van der Waals surface area contributed by atoms with Crippen LogP contribution in [0.5, 0.6) is 0 Å². The predicted octanol–water partition coefficient (Wildman–Crippen LogP) is 6.15. The molecule has 0 fully saturated rings. The first-order valence-electron chi connectivity index (χ1n) is 11.6. The lowest BCUT2D eigenvalue weighted by Gasteiger charge is -2.17. The molecule has 2 aromatic carbocycles. The quantitative estimate of drug-likeness (QED) is 0.227. The van der Waals surface area contributed by atoms with Crippen molar-refractivity contribution in [3.63, 3.8) is 0 Å². The number of aromatic amines is 2. The molecule has 0 saturated heterocycles. The van der Waals surface area contributed by atoms with E-state index in [4.69, 9.17) is 11.6 Å². The van der Waals surface area contributed by atoms with Gasteiger partial charge in [-0.1, -0.05) is 54.8 Å². The largest absolute Gasteiger partial charge is 0.361 e. The van der Waals surface area contributed by atoms with Crippen molar-refractivity contribution < 1.29 is 9.59 Å². The molecule has 3 N–H and O–H groups in total. The second kappa shape index (κ2) is 11.2. The lowest BCUT2D eigenvalue weighted by molar-refractivity contribution is -0.121. The number of carbonyl (C=O) groups excluding carboxylic acids is 2. The maximum Gasteiger partial charge on any atom is 0.225 e. The van der Waals surface area contributed by atoms with E-state index < -0.39 is 0 Å². The Morgan fingerprint density at radius 2 is 1.91 bits per heavy atom. The van der Waals surface area contributed by atoms with Gasteiger partial charge in [-0.15, -0.1) is 0 Å². The Labute approximate surface area is 204 Å². The zero-order valence-electron chi connectivity index (χ0n) is 19.2. The fraction of sp³-hybridized carbons (Fsp3) is 0.296. The van der Waals surface area contributed by atoms with E-state index in [9.17, 15) is 9.59 Å². The molecule has 4 rings (SSSR count). The average Bonchev–Trinajstić information content (AvgIpc) is 3.46. The van der Waals surface area contributed by atoms with E-state index in [1.165, 1.54) is 0 Å². The van der Waals surface area contributed by atoms with Crippen LogP contribution in [-0.4, -0.2) is 26.6 Å². The van der Waals surface area contributed by atoms with E-state index in [0.717, 1.165) is 59.2 Å².